The van der Waals surface area contributed by atoms with Crippen LogP contribution in [0.2, 0.25) is 5.02 Å². The Morgan fingerprint density at radius 2 is 1.96 bits per heavy atom. The van der Waals surface area contributed by atoms with E-state index in [1.165, 1.54) is 12.1 Å². The SMILES string of the molecule is Cc1cc(CNS(=O)(=O)c2cccc(Cl)c2)nc(N2CCCC2)n1. The number of anilines is 1. The number of rotatable bonds is 5. The van der Waals surface area contributed by atoms with E-state index < -0.39 is 10.0 Å². The fraction of sp³-hybridized carbons (Fsp3) is 0.375. The molecule has 1 aromatic heterocycles. The van der Waals surface area contributed by atoms with E-state index in [1.807, 2.05) is 6.92 Å². The van der Waals surface area contributed by atoms with Crippen molar-refractivity contribution in [2.24, 2.45) is 0 Å². The number of hydrogen-bond donors (Lipinski definition) is 1. The Balaban J connectivity index is 1.76. The Bertz CT molecular complexity index is 836. The number of aryl methyl sites for hydroxylation is 1. The summed E-state index contributed by atoms with van der Waals surface area (Å²) in [6.07, 6.45) is 2.27. The summed E-state index contributed by atoms with van der Waals surface area (Å²) in [5, 5.41) is 0.382. The van der Waals surface area contributed by atoms with Gasteiger partial charge in [-0.1, -0.05) is 17.7 Å². The highest BCUT2D eigenvalue weighted by atomic mass is 35.5. The molecule has 3 rings (SSSR count). The highest BCUT2D eigenvalue weighted by molar-refractivity contribution is 7.89. The first-order chi connectivity index (χ1) is 11.4. The molecule has 1 aliphatic heterocycles. The fourth-order valence-corrected chi connectivity index (χ4v) is 3.95. The van der Waals surface area contributed by atoms with Gasteiger partial charge in [0, 0.05) is 23.8 Å². The van der Waals surface area contributed by atoms with Gasteiger partial charge in [0.2, 0.25) is 16.0 Å². The molecule has 2 aromatic rings. The number of hydrogen-bond acceptors (Lipinski definition) is 5. The topological polar surface area (TPSA) is 75.2 Å². The number of nitrogens with zero attached hydrogens (tertiary/aromatic N) is 3. The highest BCUT2D eigenvalue weighted by Crippen LogP contribution is 2.18. The molecule has 2 heterocycles. The first kappa shape index (κ1) is 17.1. The van der Waals surface area contributed by atoms with Gasteiger partial charge in [-0.05, 0) is 44.0 Å². The second kappa shape index (κ2) is 7.04. The van der Waals surface area contributed by atoms with Crippen LogP contribution in [0.5, 0.6) is 0 Å². The van der Waals surface area contributed by atoms with Crippen molar-refractivity contribution in [3.05, 3.63) is 46.7 Å². The molecule has 0 aliphatic carbocycles. The molecule has 0 radical (unpaired) electrons. The van der Waals surface area contributed by atoms with Crippen molar-refractivity contribution in [1.29, 1.82) is 0 Å². The molecule has 1 saturated heterocycles. The van der Waals surface area contributed by atoms with E-state index >= 15 is 0 Å². The lowest BCUT2D eigenvalue weighted by Crippen LogP contribution is -2.25. The third-order valence-corrected chi connectivity index (χ3v) is 5.47. The van der Waals surface area contributed by atoms with Crippen molar-refractivity contribution in [2.75, 3.05) is 18.0 Å². The zero-order chi connectivity index (χ0) is 17.2. The van der Waals surface area contributed by atoms with Crippen LogP contribution in [0.1, 0.15) is 24.2 Å². The van der Waals surface area contributed by atoms with Crippen LogP contribution in [0, 0.1) is 6.92 Å². The third kappa shape index (κ3) is 4.03. The van der Waals surface area contributed by atoms with E-state index in [0.29, 0.717) is 16.7 Å². The molecule has 6 nitrogen and oxygen atoms in total. The second-order valence-electron chi connectivity index (χ2n) is 5.78. The lowest BCUT2D eigenvalue weighted by atomic mass is 10.3. The molecule has 1 aliphatic rings. The molecule has 0 bridgehead atoms. The van der Waals surface area contributed by atoms with Crippen molar-refractivity contribution in [3.63, 3.8) is 0 Å². The van der Waals surface area contributed by atoms with Crippen molar-refractivity contribution in [3.8, 4) is 0 Å². The summed E-state index contributed by atoms with van der Waals surface area (Å²) in [5.41, 5.74) is 1.47. The average Bonchev–Trinajstić information content (AvgIpc) is 3.07. The van der Waals surface area contributed by atoms with E-state index in [9.17, 15) is 8.42 Å². The zero-order valence-electron chi connectivity index (χ0n) is 13.4. The van der Waals surface area contributed by atoms with Gasteiger partial charge < -0.3 is 4.90 Å². The molecular weight excluding hydrogens is 348 g/mol. The Morgan fingerprint density at radius 1 is 1.21 bits per heavy atom. The van der Waals surface area contributed by atoms with Gasteiger partial charge in [-0.2, -0.15) is 0 Å². The second-order valence-corrected chi connectivity index (χ2v) is 7.98. The van der Waals surface area contributed by atoms with Gasteiger partial charge in [-0.15, -0.1) is 0 Å². The van der Waals surface area contributed by atoms with Gasteiger partial charge in [-0.3, -0.25) is 0 Å². The van der Waals surface area contributed by atoms with Crippen molar-refractivity contribution in [1.82, 2.24) is 14.7 Å². The van der Waals surface area contributed by atoms with E-state index in [1.54, 1.807) is 18.2 Å². The number of benzene rings is 1. The summed E-state index contributed by atoms with van der Waals surface area (Å²) in [7, 11) is -3.63. The van der Waals surface area contributed by atoms with E-state index in [4.69, 9.17) is 11.6 Å². The van der Waals surface area contributed by atoms with Crippen LogP contribution in [0.25, 0.3) is 0 Å². The fourth-order valence-electron chi connectivity index (χ4n) is 2.65. The molecular formula is C16H19ClN4O2S. The smallest absolute Gasteiger partial charge is 0.240 e. The number of aromatic nitrogens is 2. The Labute approximate surface area is 146 Å². The van der Waals surface area contributed by atoms with Crippen molar-refractivity contribution in [2.45, 2.75) is 31.2 Å². The lowest BCUT2D eigenvalue weighted by molar-refractivity contribution is 0.580. The monoisotopic (exact) mass is 366 g/mol. The quantitative estimate of drug-likeness (QED) is 0.880. The van der Waals surface area contributed by atoms with Crippen LogP contribution in [-0.2, 0) is 16.6 Å². The molecule has 0 unspecified atom stereocenters. The lowest BCUT2D eigenvalue weighted by Gasteiger charge is -2.16. The Kier molecular flexibility index (Phi) is 5.03. The number of sulfonamides is 1. The summed E-state index contributed by atoms with van der Waals surface area (Å²) < 4.78 is 27.3. The van der Waals surface area contributed by atoms with Crippen molar-refractivity contribution < 1.29 is 8.42 Å². The van der Waals surface area contributed by atoms with Crippen molar-refractivity contribution >= 4 is 27.6 Å². The molecule has 24 heavy (non-hydrogen) atoms. The molecule has 0 amide bonds. The minimum atomic E-state index is -3.63. The minimum Gasteiger partial charge on any atom is -0.341 e. The highest BCUT2D eigenvalue weighted by Gasteiger charge is 2.18. The van der Waals surface area contributed by atoms with Crippen LogP contribution < -0.4 is 9.62 Å². The van der Waals surface area contributed by atoms with Crippen LogP contribution in [0.15, 0.2) is 35.2 Å². The third-order valence-electron chi connectivity index (χ3n) is 3.83. The Morgan fingerprint density at radius 3 is 2.67 bits per heavy atom. The average molecular weight is 367 g/mol. The zero-order valence-corrected chi connectivity index (χ0v) is 14.9. The normalized spacial score (nSPS) is 15.0. The largest absolute Gasteiger partial charge is 0.341 e. The van der Waals surface area contributed by atoms with Gasteiger partial charge in [0.25, 0.3) is 0 Å². The van der Waals surface area contributed by atoms with E-state index in [0.717, 1.165) is 31.6 Å². The van der Waals surface area contributed by atoms with Gasteiger partial charge in [-0.25, -0.2) is 23.1 Å². The molecule has 1 aromatic carbocycles. The number of nitrogens with one attached hydrogen (secondary N) is 1. The maximum absolute atomic E-state index is 12.4. The van der Waals surface area contributed by atoms with Gasteiger partial charge >= 0.3 is 0 Å². The van der Waals surface area contributed by atoms with Crippen LogP contribution in [0.4, 0.5) is 5.95 Å². The van der Waals surface area contributed by atoms with Gasteiger partial charge in [0.15, 0.2) is 0 Å². The molecule has 0 spiro atoms. The summed E-state index contributed by atoms with van der Waals surface area (Å²) >= 11 is 5.86. The predicted octanol–water partition coefficient (Wildman–Crippen LogP) is 2.52. The van der Waals surface area contributed by atoms with Gasteiger partial charge in [0.1, 0.15) is 0 Å². The van der Waals surface area contributed by atoms with Crippen LogP contribution in [-0.4, -0.2) is 31.5 Å². The van der Waals surface area contributed by atoms with E-state index in [-0.39, 0.29) is 11.4 Å². The summed E-state index contributed by atoms with van der Waals surface area (Å²) in [4.78, 5) is 11.2. The first-order valence-electron chi connectivity index (χ1n) is 7.79. The first-order valence-corrected chi connectivity index (χ1v) is 9.65. The Hall–Kier alpha value is -1.70. The summed E-state index contributed by atoms with van der Waals surface area (Å²) in [6.45, 7) is 3.88. The molecule has 0 saturated carbocycles. The van der Waals surface area contributed by atoms with Gasteiger partial charge in [0.05, 0.1) is 17.1 Å². The molecule has 1 N–H and O–H groups in total. The van der Waals surface area contributed by atoms with E-state index in [2.05, 4.69) is 19.6 Å². The van der Waals surface area contributed by atoms with Crippen LogP contribution in [0.3, 0.4) is 0 Å². The maximum Gasteiger partial charge on any atom is 0.240 e. The molecule has 8 heteroatoms. The van der Waals surface area contributed by atoms with Crippen LogP contribution >= 0.6 is 11.6 Å². The summed E-state index contributed by atoms with van der Waals surface area (Å²) in [5.74, 6) is 0.671. The predicted molar refractivity (Wildman–Crippen MR) is 93.7 cm³/mol. The maximum atomic E-state index is 12.4. The minimum absolute atomic E-state index is 0.110. The molecule has 1 fully saturated rings. The molecule has 0 atom stereocenters. The number of halogens is 1. The molecule has 128 valence electrons. The standard InChI is InChI=1S/C16H19ClN4O2S/c1-12-9-14(20-16(19-12)21-7-2-3-8-21)11-18-24(22,23)15-6-4-5-13(17)10-15/h4-6,9-10,18H,2-3,7-8,11H2,1H3. The summed E-state index contributed by atoms with van der Waals surface area (Å²) in [6, 6.07) is 7.97.